The molecule has 0 heterocycles. The van der Waals surface area contributed by atoms with Gasteiger partial charge in [-0.2, -0.15) is 8.42 Å². The Morgan fingerprint density at radius 3 is 1.78 bits per heavy atom. The maximum atomic E-state index is 11.9. The van der Waals surface area contributed by atoms with E-state index < -0.39 is 10.1 Å². The minimum absolute atomic E-state index is 0.0308. The molecule has 1 aromatic carbocycles. The van der Waals surface area contributed by atoms with E-state index in [1.807, 2.05) is 0 Å². The van der Waals surface area contributed by atoms with E-state index in [9.17, 15) is 8.42 Å². The maximum absolute atomic E-state index is 11.9. The first-order valence-corrected chi connectivity index (χ1v) is 10.7. The average molecular weight is 405 g/mol. The lowest BCUT2D eigenvalue weighted by Gasteiger charge is -2.10. The minimum atomic E-state index is -3.72. The highest BCUT2D eigenvalue weighted by atomic mass is 32.2. The molecule has 0 bridgehead atoms. The van der Waals surface area contributed by atoms with Crippen LogP contribution in [0.4, 0.5) is 0 Å². The fraction of sp³-hybridized carbons (Fsp3) is 0.684. The van der Waals surface area contributed by atoms with E-state index in [1.165, 1.54) is 12.1 Å². The zero-order valence-electron chi connectivity index (χ0n) is 16.3. The van der Waals surface area contributed by atoms with Gasteiger partial charge in [0.1, 0.15) is 0 Å². The Morgan fingerprint density at radius 2 is 1.26 bits per heavy atom. The van der Waals surface area contributed by atoms with Gasteiger partial charge in [-0.15, -0.1) is 0 Å². The summed E-state index contributed by atoms with van der Waals surface area (Å²) in [7, 11) is -3.72. The molecule has 0 aliphatic heterocycles. The summed E-state index contributed by atoms with van der Waals surface area (Å²) in [6, 6.07) is 8.02. The first-order chi connectivity index (χ1) is 13.1. The Kier molecular flexibility index (Phi) is 13.3. The predicted octanol–water partition coefficient (Wildman–Crippen LogP) is 2.50. The molecule has 0 saturated carbocycles. The summed E-state index contributed by atoms with van der Waals surface area (Å²) in [6.07, 6.45) is 1.12. The Bertz CT molecular complexity index is 563. The molecule has 156 valence electrons. The second kappa shape index (κ2) is 15.0. The largest absolute Gasteiger partial charge is 0.379 e. The van der Waals surface area contributed by atoms with E-state index >= 15 is 0 Å². The van der Waals surface area contributed by atoms with Gasteiger partial charge < -0.3 is 18.9 Å². The molecule has 0 spiro atoms. The minimum Gasteiger partial charge on any atom is -0.379 e. The van der Waals surface area contributed by atoms with Crippen molar-refractivity contribution in [3.05, 3.63) is 30.3 Å². The fourth-order valence-corrected chi connectivity index (χ4v) is 2.83. The number of benzene rings is 1. The maximum Gasteiger partial charge on any atom is 0.297 e. The number of rotatable bonds is 17. The summed E-state index contributed by atoms with van der Waals surface area (Å²) in [5.74, 6) is 0.581. The molecule has 1 aromatic rings. The van der Waals surface area contributed by atoms with Crippen molar-refractivity contribution in [1.29, 1.82) is 0 Å². The summed E-state index contributed by atoms with van der Waals surface area (Å²) in [4.78, 5) is 0.138. The quantitative estimate of drug-likeness (QED) is 0.291. The Morgan fingerprint density at radius 1 is 0.778 bits per heavy atom. The van der Waals surface area contributed by atoms with Crippen molar-refractivity contribution >= 4 is 10.1 Å². The van der Waals surface area contributed by atoms with Gasteiger partial charge in [-0.25, -0.2) is 0 Å². The lowest BCUT2D eigenvalue weighted by molar-refractivity contribution is -0.00752. The van der Waals surface area contributed by atoms with Crippen LogP contribution < -0.4 is 0 Å². The molecule has 0 aromatic heterocycles. The normalized spacial score (nSPS) is 13.0. The van der Waals surface area contributed by atoms with E-state index in [2.05, 4.69) is 13.8 Å². The zero-order valence-corrected chi connectivity index (χ0v) is 17.1. The van der Waals surface area contributed by atoms with Gasteiger partial charge in [0.05, 0.1) is 57.8 Å². The highest BCUT2D eigenvalue weighted by molar-refractivity contribution is 7.86. The topological polar surface area (TPSA) is 80.3 Å². The monoisotopic (exact) mass is 404 g/mol. The SMILES string of the molecule is CCC(C)COCCOCCOCCOCCOS(=O)(=O)c1ccccc1. The molecule has 0 amide bonds. The third-order valence-electron chi connectivity index (χ3n) is 3.71. The van der Waals surface area contributed by atoms with Crippen molar-refractivity contribution in [3.63, 3.8) is 0 Å². The molecule has 7 nitrogen and oxygen atoms in total. The number of hydrogen-bond donors (Lipinski definition) is 0. The molecule has 0 N–H and O–H groups in total. The van der Waals surface area contributed by atoms with Crippen LogP contribution in [0.15, 0.2) is 35.2 Å². The van der Waals surface area contributed by atoms with Crippen LogP contribution in [0.2, 0.25) is 0 Å². The second-order valence-electron chi connectivity index (χ2n) is 6.01. The molecule has 27 heavy (non-hydrogen) atoms. The molecule has 0 saturated heterocycles. The smallest absolute Gasteiger partial charge is 0.297 e. The summed E-state index contributed by atoms with van der Waals surface area (Å²) in [5, 5.41) is 0. The van der Waals surface area contributed by atoms with Crippen molar-refractivity contribution in [3.8, 4) is 0 Å². The van der Waals surface area contributed by atoms with Crippen molar-refractivity contribution in [2.24, 2.45) is 5.92 Å². The van der Waals surface area contributed by atoms with E-state index in [1.54, 1.807) is 18.2 Å². The zero-order chi connectivity index (χ0) is 19.8. The summed E-state index contributed by atoms with van der Waals surface area (Å²) in [6.45, 7) is 8.14. The third kappa shape index (κ3) is 12.1. The van der Waals surface area contributed by atoms with E-state index in [4.69, 9.17) is 23.1 Å². The fourth-order valence-electron chi connectivity index (χ4n) is 1.92. The van der Waals surface area contributed by atoms with E-state index in [0.717, 1.165) is 13.0 Å². The van der Waals surface area contributed by atoms with Gasteiger partial charge in [0, 0.05) is 6.61 Å². The molecular weight excluding hydrogens is 372 g/mol. The van der Waals surface area contributed by atoms with E-state index in [-0.39, 0.29) is 18.1 Å². The molecule has 1 atom stereocenters. The molecular formula is C19H32O7S. The molecule has 0 fully saturated rings. The lowest BCUT2D eigenvalue weighted by atomic mass is 10.1. The van der Waals surface area contributed by atoms with Gasteiger partial charge in [-0.05, 0) is 18.1 Å². The summed E-state index contributed by atoms with van der Waals surface area (Å²) < 4.78 is 50.1. The molecule has 1 rings (SSSR count). The predicted molar refractivity (Wildman–Crippen MR) is 102 cm³/mol. The van der Waals surface area contributed by atoms with Gasteiger partial charge in [0.15, 0.2) is 0 Å². The third-order valence-corrected chi connectivity index (χ3v) is 5.04. The van der Waals surface area contributed by atoms with Crippen LogP contribution in [0.3, 0.4) is 0 Å². The Hall–Kier alpha value is -1.03. The molecule has 0 radical (unpaired) electrons. The van der Waals surface area contributed by atoms with Crippen LogP contribution in [-0.4, -0.2) is 67.9 Å². The molecule has 0 aliphatic carbocycles. The van der Waals surface area contributed by atoms with Gasteiger partial charge in [-0.3, -0.25) is 4.18 Å². The van der Waals surface area contributed by atoms with Crippen LogP contribution >= 0.6 is 0 Å². The second-order valence-corrected chi connectivity index (χ2v) is 7.63. The summed E-state index contributed by atoms with van der Waals surface area (Å²) in [5.41, 5.74) is 0. The van der Waals surface area contributed by atoms with Gasteiger partial charge in [0.2, 0.25) is 0 Å². The molecule has 1 unspecified atom stereocenters. The first-order valence-electron chi connectivity index (χ1n) is 9.31. The van der Waals surface area contributed by atoms with Crippen LogP contribution in [-0.2, 0) is 33.2 Å². The highest BCUT2D eigenvalue weighted by Crippen LogP contribution is 2.10. The van der Waals surface area contributed by atoms with E-state index in [0.29, 0.717) is 45.6 Å². The standard InChI is InChI=1S/C19H32O7S/c1-3-18(2)17-25-14-13-23-10-9-22-11-12-24-15-16-26-27(20,21)19-7-5-4-6-8-19/h4-8,18H,3,9-17H2,1-2H3. The van der Waals surface area contributed by atoms with Crippen LogP contribution in [0.5, 0.6) is 0 Å². The molecule has 0 aliphatic rings. The lowest BCUT2D eigenvalue weighted by Crippen LogP contribution is -2.15. The van der Waals surface area contributed by atoms with Gasteiger partial charge in [-0.1, -0.05) is 38.5 Å². The highest BCUT2D eigenvalue weighted by Gasteiger charge is 2.13. The summed E-state index contributed by atoms with van der Waals surface area (Å²) >= 11 is 0. The van der Waals surface area contributed by atoms with Gasteiger partial charge in [0.25, 0.3) is 10.1 Å². The first kappa shape index (κ1) is 24.0. The van der Waals surface area contributed by atoms with Crippen molar-refractivity contribution in [1.82, 2.24) is 0 Å². The van der Waals surface area contributed by atoms with Crippen molar-refractivity contribution in [2.75, 3.05) is 59.5 Å². The van der Waals surface area contributed by atoms with Crippen LogP contribution in [0, 0.1) is 5.92 Å². The van der Waals surface area contributed by atoms with Crippen LogP contribution in [0.1, 0.15) is 20.3 Å². The van der Waals surface area contributed by atoms with Crippen molar-refractivity contribution in [2.45, 2.75) is 25.2 Å². The van der Waals surface area contributed by atoms with Gasteiger partial charge >= 0.3 is 0 Å². The number of ether oxygens (including phenoxy) is 4. The Labute approximate surface area is 163 Å². The van der Waals surface area contributed by atoms with Crippen LogP contribution in [0.25, 0.3) is 0 Å². The van der Waals surface area contributed by atoms with Crippen molar-refractivity contribution < 1.29 is 31.5 Å². The Balaban J connectivity index is 1.87. The average Bonchev–Trinajstić information content (AvgIpc) is 2.68. The number of hydrogen-bond acceptors (Lipinski definition) is 7. The molecule has 8 heteroatoms.